The maximum atomic E-state index is 12.6. The Balaban J connectivity index is 0.000000945. The second-order valence-corrected chi connectivity index (χ2v) is 12.4. The largest absolute Gasteiger partial charge is 0.484 e. The second-order valence-electron chi connectivity index (χ2n) is 8.97. The standard InChI is InChI=1S/C20H19F3N2O2S3.C4H10/c1-19(2,10-24)30(26)9-16(25-28)12-3-5-17-14(7-12)15-8-13(4-6-18(15)29-17)27-11-20(21,22)23;1-4(2)3/h3-8,16,25,28H,9,11H2,1-2H3;4H,1-3H3/t16-,30?;/m0./s1. The quantitative estimate of drug-likeness (QED) is 0.318. The molecule has 2 aromatic carbocycles. The monoisotopic (exact) mass is 530 g/mol. The molecule has 1 heterocycles. The van der Waals surface area contributed by atoms with Crippen molar-refractivity contribution in [3.63, 3.8) is 0 Å². The van der Waals surface area contributed by atoms with Crippen LogP contribution in [0.2, 0.25) is 0 Å². The maximum absolute atomic E-state index is 12.6. The molecule has 10 heteroatoms. The van der Waals surface area contributed by atoms with Crippen molar-refractivity contribution in [3.8, 4) is 11.8 Å². The van der Waals surface area contributed by atoms with Crippen molar-refractivity contribution < 1.29 is 22.1 Å². The van der Waals surface area contributed by atoms with E-state index in [1.807, 2.05) is 18.2 Å². The van der Waals surface area contributed by atoms with Gasteiger partial charge in [0.15, 0.2) is 6.61 Å². The molecule has 0 bridgehead atoms. The number of fused-ring (bicyclic) bond motifs is 3. The van der Waals surface area contributed by atoms with Crippen LogP contribution >= 0.6 is 24.2 Å². The summed E-state index contributed by atoms with van der Waals surface area (Å²) in [6.07, 6.45) is -4.41. The number of hydrogen-bond donors (Lipinski definition) is 2. The highest BCUT2D eigenvalue weighted by Gasteiger charge is 2.29. The molecule has 0 amide bonds. The number of thiophene rings is 1. The fourth-order valence-corrected chi connectivity index (χ4v) is 5.39. The lowest BCUT2D eigenvalue weighted by atomic mass is 10.0. The van der Waals surface area contributed by atoms with E-state index in [4.69, 9.17) is 4.74 Å². The Hall–Kier alpha value is -1.80. The number of nitrogens with zero attached hydrogens (tertiary/aromatic N) is 1. The van der Waals surface area contributed by atoms with Gasteiger partial charge in [0.2, 0.25) is 0 Å². The predicted octanol–water partition coefficient (Wildman–Crippen LogP) is 7.18. The molecule has 0 aliphatic rings. The van der Waals surface area contributed by atoms with Crippen molar-refractivity contribution in [3.05, 3.63) is 42.0 Å². The number of rotatable bonds is 7. The predicted molar refractivity (Wildman–Crippen MR) is 139 cm³/mol. The van der Waals surface area contributed by atoms with Crippen molar-refractivity contribution in [2.24, 2.45) is 5.92 Å². The molecule has 0 saturated carbocycles. The van der Waals surface area contributed by atoms with Crippen molar-refractivity contribution in [2.45, 2.75) is 51.6 Å². The molecule has 1 aromatic heterocycles. The summed E-state index contributed by atoms with van der Waals surface area (Å²) in [6.45, 7) is 8.39. The number of alkyl halides is 3. The molecular formula is C24H29F3N2O2S3. The third-order valence-electron chi connectivity index (χ3n) is 4.58. The van der Waals surface area contributed by atoms with E-state index in [0.29, 0.717) is 0 Å². The van der Waals surface area contributed by atoms with E-state index in [9.17, 15) is 22.6 Å². The number of nitrogens with one attached hydrogen (secondary N) is 1. The van der Waals surface area contributed by atoms with Crippen LogP contribution in [0, 0.1) is 17.2 Å². The van der Waals surface area contributed by atoms with Crippen LogP contribution in [-0.4, -0.2) is 27.5 Å². The van der Waals surface area contributed by atoms with E-state index in [1.165, 1.54) is 17.4 Å². The lowest BCUT2D eigenvalue weighted by Crippen LogP contribution is -2.31. The van der Waals surface area contributed by atoms with Crippen LogP contribution in [0.15, 0.2) is 36.4 Å². The zero-order valence-electron chi connectivity index (χ0n) is 19.7. The minimum absolute atomic E-state index is 0.144. The van der Waals surface area contributed by atoms with Crippen LogP contribution in [0.5, 0.6) is 5.75 Å². The highest BCUT2D eigenvalue weighted by Crippen LogP contribution is 2.37. The summed E-state index contributed by atoms with van der Waals surface area (Å²) >= 11 is 5.68. The van der Waals surface area contributed by atoms with Crippen molar-refractivity contribution >= 4 is 55.1 Å². The lowest BCUT2D eigenvalue weighted by molar-refractivity contribution is -0.153. The smallest absolute Gasteiger partial charge is 0.422 e. The molecule has 0 radical (unpaired) electrons. The Labute approximate surface area is 210 Å². The van der Waals surface area contributed by atoms with Gasteiger partial charge < -0.3 is 4.74 Å². The Morgan fingerprint density at radius 2 is 1.68 bits per heavy atom. The summed E-state index contributed by atoms with van der Waals surface area (Å²) in [5.41, 5.74) is 0.820. The van der Waals surface area contributed by atoms with Gasteiger partial charge in [0.1, 0.15) is 10.5 Å². The topological polar surface area (TPSA) is 62.1 Å². The van der Waals surface area contributed by atoms with Crippen LogP contribution in [-0.2, 0) is 10.8 Å². The van der Waals surface area contributed by atoms with E-state index in [-0.39, 0.29) is 17.5 Å². The molecule has 0 fully saturated rings. The molecule has 3 rings (SSSR count). The third-order valence-corrected chi connectivity index (χ3v) is 7.91. The zero-order chi connectivity index (χ0) is 25.7. The summed E-state index contributed by atoms with van der Waals surface area (Å²) < 4.78 is 58.6. The molecule has 0 spiro atoms. The van der Waals surface area contributed by atoms with Crippen LogP contribution < -0.4 is 9.46 Å². The number of hydrogen-bond acceptors (Lipinski definition) is 6. The average molecular weight is 531 g/mol. The van der Waals surface area contributed by atoms with E-state index >= 15 is 0 Å². The van der Waals surface area contributed by atoms with Crippen LogP contribution in [0.3, 0.4) is 0 Å². The van der Waals surface area contributed by atoms with Crippen molar-refractivity contribution in [2.75, 3.05) is 12.4 Å². The van der Waals surface area contributed by atoms with Gasteiger partial charge in [0.05, 0.1) is 12.1 Å². The Morgan fingerprint density at radius 1 is 1.12 bits per heavy atom. The number of thiol groups is 1. The van der Waals surface area contributed by atoms with Gasteiger partial charge in [-0.2, -0.15) is 18.4 Å². The number of benzene rings is 2. The van der Waals surface area contributed by atoms with Gasteiger partial charge in [-0.3, -0.25) is 8.93 Å². The van der Waals surface area contributed by atoms with E-state index < -0.39 is 28.3 Å². The van der Waals surface area contributed by atoms with Gasteiger partial charge >= 0.3 is 6.18 Å². The van der Waals surface area contributed by atoms with Crippen molar-refractivity contribution in [1.82, 2.24) is 4.72 Å². The summed E-state index contributed by atoms with van der Waals surface area (Å²) in [7, 11) is -1.42. The third kappa shape index (κ3) is 7.87. The molecule has 1 unspecified atom stereocenters. The van der Waals surface area contributed by atoms with Gasteiger partial charge in [0, 0.05) is 36.7 Å². The SMILES string of the molecule is CC(C)(C#N)S(=O)C[C@H](NS)c1ccc2sc3ccc(OCC(F)(F)F)cc3c2c1.CC(C)C. The molecule has 2 atom stereocenters. The van der Waals surface area contributed by atoms with Crippen molar-refractivity contribution in [1.29, 1.82) is 5.26 Å². The fourth-order valence-electron chi connectivity index (χ4n) is 2.86. The normalized spacial score (nSPS) is 13.9. The molecular weight excluding hydrogens is 501 g/mol. The van der Waals surface area contributed by atoms with Gasteiger partial charge in [-0.15, -0.1) is 11.3 Å². The maximum Gasteiger partial charge on any atom is 0.422 e. The summed E-state index contributed by atoms with van der Waals surface area (Å²) in [6, 6.07) is 12.3. The summed E-state index contributed by atoms with van der Waals surface area (Å²) in [5.74, 6) is 1.17. The highest BCUT2D eigenvalue weighted by molar-refractivity contribution is 7.86. The van der Waals surface area contributed by atoms with E-state index in [0.717, 1.165) is 31.7 Å². The second kappa shape index (κ2) is 11.8. The first-order chi connectivity index (χ1) is 15.8. The lowest BCUT2D eigenvalue weighted by Gasteiger charge is -2.21. The number of ether oxygens (including phenoxy) is 1. The Morgan fingerprint density at radius 3 is 2.21 bits per heavy atom. The first-order valence-corrected chi connectivity index (χ1v) is 13.2. The summed E-state index contributed by atoms with van der Waals surface area (Å²) in [5, 5.41) is 10.9. The summed E-state index contributed by atoms with van der Waals surface area (Å²) in [4.78, 5) is 0. The fraction of sp³-hybridized carbons (Fsp3) is 0.458. The van der Waals surface area contributed by atoms with E-state index in [2.05, 4.69) is 44.4 Å². The Bertz CT molecular complexity index is 1180. The van der Waals surface area contributed by atoms with Gasteiger partial charge in [-0.05, 0) is 55.7 Å². The molecule has 0 aliphatic heterocycles. The molecule has 0 aliphatic carbocycles. The molecule has 3 aromatic rings. The molecule has 186 valence electrons. The minimum atomic E-state index is -4.41. The first-order valence-electron chi connectivity index (χ1n) is 10.6. The number of nitriles is 1. The average Bonchev–Trinajstić information content (AvgIpc) is 3.12. The van der Waals surface area contributed by atoms with Gasteiger partial charge in [-0.1, -0.05) is 39.7 Å². The minimum Gasteiger partial charge on any atom is -0.484 e. The molecule has 1 N–H and O–H groups in total. The molecule has 4 nitrogen and oxygen atoms in total. The van der Waals surface area contributed by atoms with Crippen LogP contribution in [0.4, 0.5) is 13.2 Å². The Kier molecular flexibility index (Phi) is 9.83. The van der Waals surface area contributed by atoms with Crippen LogP contribution in [0.1, 0.15) is 46.2 Å². The molecule has 0 saturated heterocycles. The molecule has 34 heavy (non-hydrogen) atoms. The van der Waals surface area contributed by atoms with Gasteiger partial charge in [-0.25, -0.2) is 0 Å². The highest BCUT2D eigenvalue weighted by atomic mass is 32.2. The first kappa shape index (κ1) is 28.4. The van der Waals surface area contributed by atoms with Gasteiger partial charge in [0.25, 0.3) is 0 Å². The van der Waals surface area contributed by atoms with E-state index in [1.54, 1.807) is 26.0 Å². The number of halogens is 3. The van der Waals surface area contributed by atoms with Crippen LogP contribution in [0.25, 0.3) is 20.2 Å². The zero-order valence-corrected chi connectivity index (χ0v) is 22.2.